The van der Waals surface area contributed by atoms with E-state index in [4.69, 9.17) is 11.6 Å². The van der Waals surface area contributed by atoms with Crippen molar-refractivity contribution in [3.8, 4) is 0 Å². The van der Waals surface area contributed by atoms with Gasteiger partial charge in [-0.1, -0.05) is 24.6 Å². The average Bonchev–Trinajstić information content (AvgIpc) is 3.09. The van der Waals surface area contributed by atoms with Crippen molar-refractivity contribution < 1.29 is 9.50 Å². The molecule has 0 spiro atoms. The Kier molecular flexibility index (Phi) is 3.30. The molecule has 0 radical (unpaired) electrons. The zero-order chi connectivity index (χ0) is 11.9. The highest BCUT2D eigenvalue weighted by Crippen LogP contribution is 2.49. The number of hydrogen-bond donors (Lipinski definition) is 1. The van der Waals surface area contributed by atoms with E-state index in [-0.39, 0.29) is 10.9 Å². The van der Waals surface area contributed by atoms with Gasteiger partial charge in [-0.2, -0.15) is 0 Å². The van der Waals surface area contributed by atoms with Crippen molar-refractivity contribution in [3.63, 3.8) is 0 Å². The van der Waals surface area contributed by atoms with Gasteiger partial charge in [-0.25, -0.2) is 4.39 Å². The number of aliphatic hydroxyl groups is 1. The summed E-state index contributed by atoms with van der Waals surface area (Å²) in [5.74, 6) is -0.337. The molecule has 1 fully saturated rings. The van der Waals surface area contributed by atoms with Crippen LogP contribution in [0.4, 0.5) is 4.39 Å². The third-order valence-electron chi connectivity index (χ3n) is 3.29. The van der Waals surface area contributed by atoms with Crippen LogP contribution in [0.5, 0.6) is 0 Å². The van der Waals surface area contributed by atoms with E-state index in [2.05, 4.69) is 15.9 Å². The van der Waals surface area contributed by atoms with Crippen LogP contribution in [-0.2, 0) is 5.60 Å². The van der Waals surface area contributed by atoms with Gasteiger partial charge in [0.1, 0.15) is 5.82 Å². The molecule has 1 aliphatic rings. The summed E-state index contributed by atoms with van der Waals surface area (Å²) in [6.07, 6.45) is 2.42. The van der Waals surface area contributed by atoms with E-state index in [9.17, 15) is 9.50 Å². The summed E-state index contributed by atoms with van der Waals surface area (Å²) in [5.41, 5.74) is -0.736. The molecule has 1 aromatic carbocycles. The van der Waals surface area contributed by atoms with Crippen LogP contribution in [0.25, 0.3) is 0 Å². The van der Waals surface area contributed by atoms with Gasteiger partial charge >= 0.3 is 0 Å². The lowest BCUT2D eigenvalue weighted by molar-refractivity contribution is 0.00555. The summed E-state index contributed by atoms with van der Waals surface area (Å²) in [6, 6.07) is 3.30. The van der Waals surface area contributed by atoms with Crippen molar-refractivity contribution in [3.05, 3.63) is 33.0 Å². The van der Waals surface area contributed by atoms with Gasteiger partial charge < -0.3 is 5.11 Å². The Hall–Kier alpha value is -0.120. The SMILES string of the molecule is CCC(O)(c1ccc(Br)c(Cl)c1F)C1CC1. The van der Waals surface area contributed by atoms with Crippen LogP contribution in [0, 0.1) is 11.7 Å². The quantitative estimate of drug-likeness (QED) is 0.828. The fourth-order valence-corrected chi connectivity index (χ4v) is 2.59. The Bertz CT molecular complexity index is 420. The predicted octanol–water partition coefficient (Wildman–Crippen LogP) is 4.25. The van der Waals surface area contributed by atoms with E-state index < -0.39 is 11.4 Å². The summed E-state index contributed by atoms with van der Waals surface area (Å²) in [6.45, 7) is 1.87. The van der Waals surface area contributed by atoms with Crippen LogP contribution < -0.4 is 0 Å². The minimum atomic E-state index is -1.06. The number of benzene rings is 1. The maximum atomic E-state index is 14.0. The Morgan fingerprint density at radius 3 is 2.69 bits per heavy atom. The van der Waals surface area contributed by atoms with Gasteiger partial charge in [0.05, 0.1) is 10.6 Å². The minimum absolute atomic E-state index is 0.0463. The number of hydrogen-bond acceptors (Lipinski definition) is 1. The van der Waals surface area contributed by atoms with E-state index >= 15 is 0 Å². The van der Waals surface area contributed by atoms with Gasteiger partial charge in [0.15, 0.2) is 0 Å². The predicted molar refractivity (Wildman–Crippen MR) is 66.0 cm³/mol. The first kappa shape index (κ1) is 12.3. The van der Waals surface area contributed by atoms with Gasteiger partial charge in [0.25, 0.3) is 0 Å². The monoisotopic (exact) mass is 306 g/mol. The molecule has 1 saturated carbocycles. The van der Waals surface area contributed by atoms with E-state index in [1.54, 1.807) is 12.1 Å². The van der Waals surface area contributed by atoms with Crippen LogP contribution in [-0.4, -0.2) is 5.11 Å². The minimum Gasteiger partial charge on any atom is -0.385 e. The summed E-state index contributed by atoms with van der Waals surface area (Å²) in [5, 5.41) is 10.6. The lowest BCUT2D eigenvalue weighted by Crippen LogP contribution is -2.28. The highest BCUT2D eigenvalue weighted by Gasteiger charge is 2.45. The standard InChI is InChI=1S/C12H13BrClFO/c1-2-12(16,7-3-4-7)8-5-6-9(13)10(14)11(8)15/h5-7,16H,2-4H2,1H3. The Morgan fingerprint density at radius 1 is 1.56 bits per heavy atom. The van der Waals surface area contributed by atoms with Crippen molar-refractivity contribution in [2.24, 2.45) is 5.92 Å². The molecule has 1 N–H and O–H groups in total. The Balaban J connectivity index is 2.50. The molecule has 1 nitrogen and oxygen atoms in total. The fourth-order valence-electron chi connectivity index (χ4n) is 2.12. The van der Waals surface area contributed by atoms with Crippen LogP contribution in [0.2, 0.25) is 5.02 Å². The lowest BCUT2D eigenvalue weighted by atomic mass is 9.86. The van der Waals surface area contributed by atoms with Crippen LogP contribution in [0.3, 0.4) is 0 Å². The largest absolute Gasteiger partial charge is 0.385 e. The molecule has 1 atom stereocenters. The fraction of sp³-hybridized carbons (Fsp3) is 0.500. The highest BCUT2D eigenvalue weighted by molar-refractivity contribution is 9.10. The van der Waals surface area contributed by atoms with Crippen LogP contribution >= 0.6 is 27.5 Å². The maximum absolute atomic E-state index is 14.0. The third-order valence-corrected chi connectivity index (χ3v) is 4.55. The topological polar surface area (TPSA) is 20.2 Å². The molecular weight excluding hydrogens is 294 g/mol. The van der Waals surface area contributed by atoms with Crippen LogP contribution in [0.15, 0.2) is 16.6 Å². The van der Waals surface area contributed by atoms with Crippen molar-refractivity contribution in [2.45, 2.75) is 31.8 Å². The molecule has 0 bridgehead atoms. The first-order valence-electron chi connectivity index (χ1n) is 5.37. The molecule has 0 heterocycles. The zero-order valence-electron chi connectivity index (χ0n) is 8.93. The molecule has 88 valence electrons. The highest BCUT2D eigenvalue weighted by atomic mass is 79.9. The van der Waals surface area contributed by atoms with E-state index in [0.717, 1.165) is 12.8 Å². The molecule has 0 aliphatic heterocycles. The zero-order valence-corrected chi connectivity index (χ0v) is 11.3. The molecule has 0 saturated heterocycles. The lowest BCUT2D eigenvalue weighted by Gasteiger charge is -2.28. The third kappa shape index (κ3) is 1.89. The van der Waals surface area contributed by atoms with E-state index in [0.29, 0.717) is 16.5 Å². The molecular formula is C12H13BrClFO. The first-order valence-corrected chi connectivity index (χ1v) is 6.54. The molecule has 16 heavy (non-hydrogen) atoms. The van der Waals surface area contributed by atoms with Gasteiger partial charge in [-0.15, -0.1) is 0 Å². The number of halogens is 3. The molecule has 1 unspecified atom stereocenters. The van der Waals surface area contributed by atoms with Gasteiger partial charge in [0, 0.05) is 10.0 Å². The second-order valence-corrected chi connectivity index (χ2v) is 5.51. The second kappa shape index (κ2) is 4.28. The van der Waals surface area contributed by atoms with Crippen molar-refractivity contribution in [1.82, 2.24) is 0 Å². The molecule has 1 aromatic rings. The van der Waals surface area contributed by atoms with Crippen molar-refractivity contribution >= 4 is 27.5 Å². The van der Waals surface area contributed by atoms with Gasteiger partial charge in [0.2, 0.25) is 0 Å². The molecule has 1 aliphatic carbocycles. The van der Waals surface area contributed by atoms with Crippen molar-refractivity contribution in [1.29, 1.82) is 0 Å². The molecule has 2 rings (SSSR count). The Labute approximate surface area is 108 Å². The van der Waals surface area contributed by atoms with Gasteiger partial charge in [-0.3, -0.25) is 0 Å². The second-order valence-electron chi connectivity index (χ2n) is 4.27. The molecule has 0 aromatic heterocycles. The summed E-state index contributed by atoms with van der Waals surface area (Å²) in [4.78, 5) is 0. The normalized spacial score (nSPS) is 19.6. The Morgan fingerprint density at radius 2 is 2.19 bits per heavy atom. The first-order chi connectivity index (χ1) is 7.50. The summed E-state index contributed by atoms with van der Waals surface area (Å²) in [7, 11) is 0. The average molecular weight is 308 g/mol. The molecule has 4 heteroatoms. The van der Waals surface area contributed by atoms with E-state index in [1.165, 1.54) is 0 Å². The van der Waals surface area contributed by atoms with Crippen molar-refractivity contribution in [2.75, 3.05) is 0 Å². The molecule has 0 amide bonds. The summed E-state index contributed by atoms with van der Waals surface area (Å²) >= 11 is 9.01. The smallest absolute Gasteiger partial charge is 0.149 e. The maximum Gasteiger partial charge on any atom is 0.149 e. The van der Waals surface area contributed by atoms with Crippen LogP contribution in [0.1, 0.15) is 31.7 Å². The van der Waals surface area contributed by atoms with E-state index in [1.807, 2.05) is 6.92 Å². The summed E-state index contributed by atoms with van der Waals surface area (Å²) < 4.78 is 14.5. The number of rotatable bonds is 3. The van der Waals surface area contributed by atoms with Gasteiger partial charge in [-0.05, 0) is 47.2 Å².